The van der Waals surface area contributed by atoms with E-state index in [2.05, 4.69) is 4.98 Å². The molecule has 118 valence electrons. The minimum Gasteiger partial charge on any atom is -0.335 e. The highest BCUT2D eigenvalue weighted by Gasteiger charge is 2.34. The van der Waals surface area contributed by atoms with Crippen LogP contribution >= 0.6 is 0 Å². The van der Waals surface area contributed by atoms with Gasteiger partial charge in [-0.3, -0.25) is 4.79 Å². The topological polar surface area (TPSA) is 71.8 Å². The summed E-state index contributed by atoms with van der Waals surface area (Å²) >= 11 is 0. The van der Waals surface area contributed by atoms with E-state index in [9.17, 15) is 13.2 Å². The molecule has 0 spiro atoms. The maximum atomic E-state index is 12.7. The second-order valence-corrected chi connectivity index (χ2v) is 7.94. The van der Waals surface area contributed by atoms with Crippen molar-refractivity contribution in [2.75, 3.05) is 18.1 Å². The zero-order chi connectivity index (χ0) is 15.9. The number of imidazole rings is 1. The average Bonchev–Trinajstić information content (AvgIpc) is 3.00. The summed E-state index contributed by atoms with van der Waals surface area (Å²) in [5.41, 5.74) is 2.23. The minimum absolute atomic E-state index is 0.0685. The van der Waals surface area contributed by atoms with E-state index in [4.69, 9.17) is 0 Å². The number of rotatable bonds is 3. The molecule has 0 bridgehead atoms. The van der Waals surface area contributed by atoms with E-state index in [1.165, 1.54) is 0 Å². The van der Waals surface area contributed by atoms with Gasteiger partial charge in [0.05, 0.1) is 22.8 Å². The van der Waals surface area contributed by atoms with Gasteiger partial charge in [0.1, 0.15) is 5.65 Å². The molecule has 2 aromatic rings. The van der Waals surface area contributed by atoms with Crippen molar-refractivity contribution >= 4 is 21.4 Å². The highest BCUT2D eigenvalue weighted by Crippen LogP contribution is 2.20. The van der Waals surface area contributed by atoms with Gasteiger partial charge in [-0.1, -0.05) is 0 Å². The summed E-state index contributed by atoms with van der Waals surface area (Å²) in [6.45, 7) is 4.28. The Balaban J connectivity index is 1.89. The molecule has 6 nitrogen and oxygen atoms in total. The van der Waals surface area contributed by atoms with Crippen LogP contribution in [0.2, 0.25) is 0 Å². The largest absolute Gasteiger partial charge is 0.335 e. The SMILES string of the molecule is CCN(C(=O)c1ccc2nc(C)cn2c1)C1CCS(=O)(=O)C1. The molecule has 1 saturated heterocycles. The van der Waals surface area contributed by atoms with Crippen LogP contribution in [-0.2, 0) is 9.84 Å². The molecule has 1 amide bonds. The van der Waals surface area contributed by atoms with Gasteiger partial charge in [0, 0.05) is 25.0 Å². The molecule has 0 radical (unpaired) electrons. The molecule has 2 aromatic heterocycles. The molecule has 1 atom stereocenters. The fourth-order valence-electron chi connectivity index (χ4n) is 3.00. The van der Waals surface area contributed by atoms with E-state index in [0.717, 1.165) is 11.3 Å². The van der Waals surface area contributed by atoms with Gasteiger partial charge in [-0.25, -0.2) is 13.4 Å². The van der Waals surface area contributed by atoms with Crippen molar-refractivity contribution in [2.45, 2.75) is 26.3 Å². The van der Waals surface area contributed by atoms with Crippen LogP contribution in [0.25, 0.3) is 5.65 Å². The van der Waals surface area contributed by atoms with Gasteiger partial charge in [-0.15, -0.1) is 0 Å². The predicted molar refractivity (Wildman–Crippen MR) is 83.7 cm³/mol. The Morgan fingerprint density at radius 1 is 1.41 bits per heavy atom. The van der Waals surface area contributed by atoms with Crippen LogP contribution in [0.5, 0.6) is 0 Å². The number of pyridine rings is 1. The number of aryl methyl sites for hydroxylation is 1. The van der Waals surface area contributed by atoms with Crippen molar-refractivity contribution in [2.24, 2.45) is 0 Å². The molecule has 0 saturated carbocycles. The van der Waals surface area contributed by atoms with Crippen LogP contribution in [0.1, 0.15) is 29.4 Å². The van der Waals surface area contributed by atoms with E-state index in [0.29, 0.717) is 18.5 Å². The van der Waals surface area contributed by atoms with E-state index in [1.54, 1.807) is 23.2 Å². The molecule has 1 unspecified atom stereocenters. The first-order chi connectivity index (χ1) is 10.4. The van der Waals surface area contributed by atoms with Crippen molar-refractivity contribution in [1.29, 1.82) is 0 Å². The highest BCUT2D eigenvalue weighted by atomic mass is 32.2. The maximum Gasteiger partial charge on any atom is 0.255 e. The third-order valence-corrected chi connectivity index (χ3v) is 5.82. The molecule has 0 aliphatic carbocycles. The fourth-order valence-corrected chi connectivity index (χ4v) is 4.73. The summed E-state index contributed by atoms with van der Waals surface area (Å²) in [6.07, 6.45) is 4.14. The Labute approximate surface area is 129 Å². The number of amides is 1. The molecule has 3 heterocycles. The summed E-state index contributed by atoms with van der Waals surface area (Å²) in [5, 5.41) is 0. The second-order valence-electron chi connectivity index (χ2n) is 5.71. The monoisotopic (exact) mass is 321 g/mol. The van der Waals surface area contributed by atoms with E-state index in [1.807, 2.05) is 24.4 Å². The van der Waals surface area contributed by atoms with Gasteiger partial charge in [0.15, 0.2) is 9.84 Å². The zero-order valence-electron chi connectivity index (χ0n) is 12.7. The Bertz CT molecular complexity index is 826. The van der Waals surface area contributed by atoms with E-state index >= 15 is 0 Å². The molecule has 1 aliphatic heterocycles. The van der Waals surface area contributed by atoms with Crippen LogP contribution in [0.4, 0.5) is 0 Å². The van der Waals surface area contributed by atoms with Gasteiger partial charge < -0.3 is 9.30 Å². The van der Waals surface area contributed by atoms with Crippen LogP contribution in [0.3, 0.4) is 0 Å². The van der Waals surface area contributed by atoms with Gasteiger partial charge >= 0.3 is 0 Å². The lowest BCUT2D eigenvalue weighted by molar-refractivity contribution is 0.0708. The molecule has 0 aromatic carbocycles. The predicted octanol–water partition coefficient (Wildman–Crippen LogP) is 1.29. The Morgan fingerprint density at radius 2 is 2.18 bits per heavy atom. The number of aromatic nitrogens is 2. The lowest BCUT2D eigenvalue weighted by Crippen LogP contribution is -2.41. The number of carbonyl (C=O) groups excluding carboxylic acids is 1. The van der Waals surface area contributed by atoms with Gasteiger partial charge in [0.2, 0.25) is 0 Å². The summed E-state index contributed by atoms with van der Waals surface area (Å²) in [7, 11) is -3.01. The molecule has 7 heteroatoms. The summed E-state index contributed by atoms with van der Waals surface area (Å²) in [5.74, 6) is 0.109. The highest BCUT2D eigenvalue weighted by molar-refractivity contribution is 7.91. The first kappa shape index (κ1) is 15.0. The van der Waals surface area contributed by atoms with E-state index < -0.39 is 9.84 Å². The third-order valence-electron chi connectivity index (χ3n) is 4.07. The van der Waals surface area contributed by atoms with Gasteiger partial charge in [0.25, 0.3) is 5.91 Å². The summed E-state index contributed by atoms with van der Waals surface area (Å²) < 4.78 is 25.1. The quantitative estimate of drug-likeness (QED) is 0.854. The van der Waals surface area contributed by atoms with Crippen molar-refractivity contribution in [3.8, 4) is 0 Å². The fraction of sp³-hybridized carbons (Fsp3) is 0.467. The standard InChI is InChI=1S/C15H19N3O3S/c1-3-18(13-6-7-22(20,21)10-13)15(19)12-4-5-14-16-11(2)8-17(14)9-12/h4-5,8-9,13H,3,6-7,10H2,1-2H3. The number of fused-ring (bicyclic) bond motifs is 1. The molecule has 22 heavy (non-hydrogen) atoms. The van der Waals surface area contributed by atoms with Gasteiger partial charge in [-0.05, 0) is 32.4 Å². The summed E-state index contributed by atoms with van der Waals surface area (Å²) in [4.78, 5) is 18.7. The minimum atomic E-state index is -3.01. The molecule has 1 fully saturated rings. The Kier molecular flexibility index (Phi) is 3.68. The number of hydrogen-bond acceptors (Lipinski definition) is 4. The number of hydrogen-bond donors (Lipinski definition) is 0. The molecule has 1 aliphatic rings. The number of sulfone groups is 1. The Hall–Kier alpha value is -1.89. The van der Waals surface area contributed by atoms with Crippen molar-refractivity contribution in [3.05, 3.63) is 35.8 Å². The van der Waals surface area contributed by atoms with Gasteiger partial charge in [-0.2, -0.15) is 0 Å². The lowest BCUT2D eigenvalue weighted by atomic mass is 10.1. The smallest absolute Gasteiger partial charge is 0.255 e. The lowest BCUT2D eigenvalue weighted by Gasteiger charge is -2.26. The van der Waals surface area contributed by atoms with Crippen LogP contribution < -0.4 is 0 Å². The van der Waals surface area contributed by atoms with Crippen LogP contribution in [0.15, 0.2) is 24.5 Å². The molecule has 3 rings (SSSR count). The first-order valence-corrected chi connectivity index (χ1v) is 9.18. The maximum absolute atomic E-state index is 12.7. The average molecular weight is 321 g/mol. The number of nitrogens with zero attached hydrogens (tertiary/aromatic N) is 3. The summed E-state index contributed by atoms with van der Waals surface area (Å²) in [6, 6.07) is 3.33. The second kappa shape index (κ2) is 5.39. The van der Waals surface area contributed by atoms with Crippen molar-refractivity contribution in [3.63, 3.8) is 0 Å². The normalized spacial score (nSPS) is 20.4. The number of carbonyl (C=O) groups is 1. The van der Waals surface area contributed by atoms with Crippen LogP contribution in [0, 0.1) is 6.92 Å². The first-order valence-electron chi connectivity index (χ1n) is 7.36. The molecule has 0 N–H and O–H groups in total. The molecular weight excluding hydrogens is 302 g/mol. The van der Waals surface area contributed by atoms with Crippen molar-refractivity contribution < 1.29 is 13.2 Å². The van der Waals surface area contributed by atoms with E-state index in [-0.39, 0.29) is 23.5 Å². The molecular formula is C15H19N3O3S. The van der Waals surface area contributed by atoms with Crippen LogP contribution in [-0.4, -0.2) is 52.7 Å². The Morgan fingerprint density at radius 3 is 2.82 bits per heavy atom. The third kappa shape index (κ3) is 2.72. The zero-order valence-corrected chi connectivity index (χ0v) is 13.5. The van der Waals surface area contributed by atoms with Crippen molar-refractivity contribution in [1.82, 2.24) is 14.3 Å².